The number of carbonyl (C=O) groups is 4. The van der Waals surface area contributed by atoms with Gasteiger partial charge in [0.25, 0.3) is 0 Å². The zero-order valence-corrected chi connectivity index (χ0v) is 62.7. The largest absolute Gasteiger partial charge is 0.472 e. The van der Waals surface area contributed by atoms with Gasteiger partial charge >= 0.3 is 39.5 Å². The molecule has 0 aliphatic carbocycles. The lowest BCUT2D eigenvalue weighted by Crippen LogP contribution is -2.30. The van der Waals surface area contributed by atoms with Gasteiger partial charge in [0, 0.05) is 25.7 Å². The second-order valence-corrected chi connectivity index (χ2v) is 31.5. The first-order valence-corrected chi connectivity index (χ1v) is 41.2. The van der Waals surface area contributed by atoms with Crippen molar-refractivity contribution in [1.29, 1.82) is 0 Å². The summed E-state index contributed by atoms with van der Waals surface area (Å²) >= 11 is 0. The van der Waals surface area contributed by atoms with Gasteiger partial charge in [0.1, 0.15) is 19.3 Å². The van der Waals surface area contributed by atoms with E-state index in [1.165, 1.54) is 173 Å². The lowest BCUT2D eigenvalue weighted by atomic mass is 10.0. The van der Waals surface area contributed by atoms with E-state index in [0.717, 1.165) is 114 Å². The molecule has 17 nitrogen and oxygen atoms in total. The van der Waals surface area contributed by atoms with Crippen LogP contribution in [-0.4, -0.2) is 96.7 Å². The van der Waals surface area contributed by atoms with Crippen molar-refractivity contribution in [2.45, 2.75) is 388 Å². The van der Waals surface area contributed by atoms with Crippen molar-refractivity contribution in [1.82, 2.24) is 0 Å². The molecule has 0 saturated carbocycles. The standard InChI is InChI=1S/C74H144O17P2/c1-64(2)50-42-34-26-18-13-10-9-11-15-22-32-40-48-56-73(78)90-69(60-84-71(76)54-46-38-30-21-16-12-14-19-27-35-43-51-65(3)4)62-88-92(80,81)86-58-68(75)59-87-93(82,83)89-63-70(61-85-72(77)55-47-39-31-25-24-29-37-45-53-67(7)8)91-74(79)57-49-41-33-23-17-20-28-36-44-52-66(5)6/h64-70,75H,9-63H2,1-8H3,(H,80,81)(H,82,83)/t68?,69-,70-/m1/s1. The molecular weight excluding hydrogens is 1220 g/mol. The Labute approximate surface area is 568 Å². The van der Waals surface area contributed by atoms with E-state index in [1.807, 2.05) is 0 Å². The number of unbranched alkanes of at least 4 members (excludes halogenated alkanes) is 37. The minimum atomic E-state index is -4.96. The van der Waals surface area contributed by atoms with Crippen molar-refractivity contribution in [2.24, 2.45) is 23.7 Å². The Morgan fingerprint density at radius 2 is 0.452 bits per heavy atom. The van der Waals surface area contributed by atoms with E-state index in [0.29, 0.717) is 25.7 Å². The van der Waals surface area contributed by atoms with E-state index < -0.39 is 97.5 Å². The molecule has 0 aliphatic rings. The molecule has 0 saturated heterocycles. The van der Waals surface area contributed by atoms with Gasteiger partial charge in [-0.05, 0) is 49.4 Å². The normalized spacial score (nSPS) is 14.2. The highest BCUT2D eigenvalue weighted by molar-refractivity contribution is 7.47. The van der Waals surface area contributed by atoms with Gasteiger partial charge < -0.3 is 33.8 Å². The third-order valence-corrected chi connectivity index (χ3v) is 19.0. The molecule has 552 valence electrons. The SMILES string of the molecule is CC(C)CCCCCCCCCCCCCCCC(=O)O[C@H](COC(=O)CCCCCCCCCCCCCC(C)C)COP(=O)(O)OCC(O)COP(=O)(O)OC[C@@H](COC(=O)CCCCCCCCCCC(C)C)OC(=O)CCCCCCCCCCCC(C)C. The first-order valence-electron chi connectivity index (χ1n) is 38.2. The number of carbonyl (C=O) groups excluding carboxylic acids is 4. The zero-order valence-electron chi connectivity index (χ0n) is 60.9. The lowest BCUT2D eigenvalue weighted by molar-refractivity contribution is -0.161. The fourth-order valence-corrected chi connectivity index (χ4v) is 12.8. The van der Waals surface area contributed by atoms with Gasteiger partial charge in [0.15, 0.2) is 12.2 Å². The number of aliphatic hydroxyl groups excluding tert-OH is 1. The van der Waals surface area contributed by atoms with E-state index >= 15 is 0 Å². The second kappa shape index (κ2) is 63.5. The van der Waals surface area contributed by atoms with Gasteiger partial charge in [-0.1, -0.05) is 319 Å². The minimum Gasteiger partial charge on any atom is -0.462 e. The van der Waals surface area contributed by atoms with Crippen molar-refractivity contribution in [3.63, 3.8) is 0 Å². The summed E-state index contributed by atoms with van der Waals surface area (Å²) in [4.78, 5) is 72.7. The third-order valence-electron chi connectivity index (χ3n) is 17.1. The van der Waals surface area contributed by atoms with Crippen LogP contribution in [0.15, 0.2) is 0 Å². The highest BCUT2D eigenvalue weighted by atomic mass is 31.2. The average Bonchev–Trinajstić information content (AvgIpc) is 2.64. The number of phosphoric acid groups is 2. The molecule has 0 fully saturated rings. The van der Waals surface area contributed by atoms with Gasteiger partial charge in [0.05, 0.1) is 26.4 Å². The Hall–Kier alpha value is -1.94. The Morgan fingerprint density at radius 1 is 0.269 bits per heavy atom. The molecule has 3 unspecified atom stereocenters. The quantitative estimate of drug-likeness (QED) is 0.0222. The molecule has 0 aromatic carbocycles. The first-order chi connectivity index (χ1) is 44.6. The van der Waals surface area contributed by atoms with Crippen LogP contribution in [0.5, 0.6) is 0 Å². The molecule has 0 aliphatic heterocycles. The van der Waals surface area contributed by atoms with Crippen LogP contribution in [0.1, 0.15) is 370 Å². The molecule has 0 aromatic heterocycles. The van der Waals surface area contributed by atoms with Crippen molar-refractivity contribution < 1.29 is 80.2 Å². The molecule has 0 aromatic rings. The first kappa shape index (κ1) is 91.1. The van der Waals surface area contributed by atoms with E-state index in [2.05, 4.69) is 55.4 Å². The average molecular weight is 1370 g/mol. The molecule has 0 rings (SSSR count). The molecule has 5 atom stereocenters. The number of rotatable bonds is 71. The Morgan fingerprint density at radius 3 is 0.667 bits per heavy atom. The van der Waals surface area contributed by atoms with Gasteiger partial charge in [-0.3, -0.25) is 37.3 Å². The van der Waals surface area contributed by atoms with Crippen LogP contribution < -0.4 is 0 Å². The second-order valence-electron chi connectivity index (χ2n) is 28.6. The van der Waals surface area contributed by atoms with Crippen LogP contribution >= 0.6 is 15.6 Å². The molecule has 3 N–H and O–H groups in total. The highest BCUT2D eigenvalue weighted by Gasteiger charge is 2.30. The molecule has 0 bridgehead atoms. The van der Waals surface area contributed by atoms with E-state index in [1.54, 1.807) is 0 Å². The summed E-state index contributed by atoms with van der Waals surface area (Å²) in [6.07, 6.45) is 47.2. The predicted octanol–water partition coefficient (Wildman–Crippen LogP) is 21.3. The molecule has 0 amide bonds. The summed E-state index contributed by atoms with van der Waals surface area (Å²) in [6.45, 7) is 14.1. The number of phosphoric ester groups is 2. The molecule has 0 spiro atoms. The van der Waals surface area contributed by atoms with E-state index in [-0.39, 0.29) is 25.7 Å². The fraction of sp³-hybridized carbons (Fsp3) is 0.946. The smallest absolute Gasteiger partial charge is 0.462 e. The van der Waals surface area contributed by atoms with Crippen LogP contribution in [-0.2, 0) is 65.4 Å². The summed E-state index contributed by atoms with van der Waals surface area (Å²) < 4.78 is 68.5. The third kappa shape index (κ3) is 68.4. The van der Waals surface area contributed by atoms with Crippen molar-refractivity contribution in [3.8, 4) is 0 Å². The van der Waals surface area contributed by atoms with Crippen molar-refractivity contribution in [2.75, 3.05) is 39.6 Å². The fourth-order valence-electron chi connectivity index (χ4n) is 11.2. The van der Waals surface area contributed by atoms with Crippen molar-refractivity contribution in [3.05, 3.63) is 0 Å². The number of ether oxygens (including phenoxy) is 4. The summed E-state index contributed by atoms with van der Waals surface area (Å²) in [5.41, 5.74) is 0. The van der Waals surface area contributed by atoms with Gasteiger partial charge in [-0.25, -0.2) is 9.13 Å². The maximum atomic E-state index is 13.1. The van der Waals surface area contributed by atoms with E-state index in [4.69, 9.17) is 37.0 Å². The summed E-state index contributed by atoms with van der Waals surface area (Å²) in [6, 6.07) is 0. The molecule has 93 heavy (non-hydrogen) atoms. The summed E-state index contributed by atoms with van der Waals surface area (Å²) in [5, 5.41) is 10.6. The van der Waals surface area contributed by atoms with Gasteiger partial charge in [-0.15, -0.1) is 0 Å². The number of hydrogen-bond acceptors (Lipinski definition) is 15. The van der Waals surface area contributed by atoms with Crippen LogP contribution in [0.4, 0.5) is 0 Å². The maximum Gasteiger partial charge on any atom is 0.472 e. The van der Waals surface area contributed by atoms with Gasteiger partial charge in [-0.2, -0.15) is 0 Å². The lowest BCUT2D eigenvalue weighted by Gasteiger charge is -2.21. The van der Waals surface area contributed by atoms with Crippen molar-refractivity contribution >= 4 is 39.5 Å². The predicted molar refractivity (Wildman–Crippen MR) is 377 cm³/mol. The number of esters is 4. The molecular formula is C74H144O17P2. The Bertz CT molecular complexity index is 1830. The van der Waals surface area contributed by atoms with Gasteiger partial charge in [0.2, 0.25) is 0 Å². The van der Waals surface area contributed by atoms with Crippen LogP contribution in [0.2, 0.25) is 0 Å². The molecule has 19 heteroatoms. The van der Waals surface area contributed by atoms with E-state index in [9.17, 15) is 43.2 Å². The Kier molecular flexibility index (Phi) is 62.2. The maximum absolute atomic E-state index is 13.1. The summed E-state index contributed by atoms with van der Waals surface area (Å²) in [5.74, 6) is 0.897. The van der Waals surface area contributed by atoms with Crippen LogP contribution in [0.3, 0.4) is 0 Å². The minimum absolute atomic E-state index is 0.104. The molecule has 0 radical (unpaired) electrons. The summed E-state index contributed by atoms with van der Waals surface area (Å²) in [7, 11) is -9.91. The molecule has 0 heterocycles. The van der Waals surface area contributed by atoms with Crippen LogP contribution in [0.25, 0.3) is 0 Å². The topological polar surface area (TPSA) is 237 Å². The van der Waals surface area contributed by atoms with Crippen LogP contribution in [0, 0.1) is 23.7 Å². The zero-order chi connectivity index (χ0) is 68.9. The Balaban J connectivity index is 5.26. The number of hydrogen-bond donors (Lipinski definition) is 3. The number of aliphatic hydroxyl groups is 1. The highest BCUT2D eigenvalue weighted by Crippen LogP contribution is 2.45. The monoisotopic (exact) mass is 1370 g/mol.